The molecular formula is C31H35NO6. The molecule has 1 heterocycles. The molecule has 1 aliphatic rings. The monoisotopic (exact) mass is 517 g/mol. The predicted octanol–water partition coefficient (Wildman–Crippen LogP) is 4.55. The fraction of sp³-hybridized carbons (Fsp3) is 0.323. The van der Waals surface area contributed by atoms with E-state index in [2.05, 4.69) is 0 Å². The van der Waals surface area contributed by atoms with E-state index in [0.717, 1.165) is 16.7 Å². The van der Waals surface area contributed by atoms with E-state index in [1.54, 1.807) is 6.92 Å². The fourth-order valence-corrected chi connectivity index (χ4v) is 4.32. The van der Waals surface area contributed by atoms with Gasteiger partial charge < -0.3 is 29.4 Å². The molecular weight excluding hydrogens is 482 g/mol. The Morgan fingerprint density at radius 2 is 1.29 bits per heavy atom. The number of hydrogen-bond acceptors (Lipinski definition) is 7. The van der Waals surface area contributed by atoms with E-state index in [0.29, 0.717) is 19.8 Å². The highest BCUT2D eigenvalue weighted by Gasteiger charge is 2.47. The number of carbonyl (C=O) groups is 1. The Hall–Kier alpha value is -3.49. The molecule has 0 amide bonds. The van der Waals surface area contributed by atoms with E-state index in [9.17, 15) is 4.79 Å². The van der Waals surface area contributed by atoms with Crippen molar-refractivity contribution in [3.63, 3.8) is 0 Å². The molecule has 0 bridgehead atoms. The smallest absolute Gasteiger partial charge is 0.332 e. The maximum atomic E-state index is 12.2. The Morgan fingerprint density at radius 3 is 1.82 bits per heavy atom. The van der Waals surface area contributed by atoms with Crippen LogP contribution in [0.4, 0.5) is 0 Å². The first kappa shape index (κ1) is 27.5. The Balaban J connectivity index is 1.54. The predicted molar refractivity (Wildman–Crippen MR) is 144 cm³/mol. The molecule has 7 nitrogen and oxygen atoms in total. The van der Waals surface area contributed by atoms with E-state index in [1.165, 1.54) is 6.08 Å². The molecule has 2 N–H and O–H groups in total. The molecule has 4 rings (SSSR count). The van der Waals surface area contributed by atoms with Gasteiger partial charge >= 0.3 is 5.97 Å². The van der Waals surface area contributed by atoms with Gasteiger partial charge in [0.15, 0.2) is 0 Å². The van der Waals surface area contributed by atoms with Crippen molar-refractivity contribution in [1.29, 1.82) is 0 Å². The van der Waals surface area contributed by atoms with Gasteiger partial charge in [-0.15, -0.1) is 0 Å². The van der Waals surface area contributed by atoms with Crippen molar-refractivity contribution in [3.8, 4) is 0 Å². The summed E-state index contributed by atoms with van der Waals surface area (Å²) < 4.78 is 30.3. The third-order valence-corrected chi connectivity index (χ3v) is 6.17. The second-order valence-electron chi connectivity index (χ2n) is 9.01. The highest BCUT2D eigenvalue weighted by molar-refractivity contribution is 5.82. The minimum absolute atomic E-state index is 0.223. The molecule has 1 aliphatic heterocycles. The van der Waals surface area contributed by atoms with Crippen LogP contribution in [0, 0.1) is 0 Å². The zero-order valence-electron chi connectivity index (χ0n) is 21.6. The topological polar surface area (TPSA) is 89.2 Å². The van der Waals surface area contributed by atoms with E-state index in [4.69, 9.17) is 29.4 Å². The Morgan fingerprint density at radius 1 is 0.789 bits per heavy atom. The van der Waals surface area contributed by atoms with Gasteiger partial charge in [0.2, 0.25) is 0 Å². The maximum absolute atomic E-state index is 12.2. The maximum Gasteiger partial charge on any atom is 0.332 e. The standard InChI is InChI=1S/C31H35NO6/c1-2-35-28(33)18-26(32)29-31(37-21-25-16-10-5-11-17-25)30(36-20-24-14-8-4-9-15-24)27(38-29)22-34-19-23-12-6-3-7-13-23/h3-18,27,29-31H,2,19-22,32H2,1H3/b26-18-/t27-,29+,30-,31+/m1/s1. The molecule has 200 valence electrons. The van der Waals surface area contributed by atoms with Crippen LogP contribution < -0.4 is 5.73 Å². The molecule has 3 aromatic carbocycles. The van der Waals surface area contributed by atoms with Gasteiger partial charge in [0.05, 0.1) is 33.0 Å². The third kappa shape index (κ3) is 8.00. The largest absolute Gasteiger partial charge is 0.463 e. The number of ether oxygens (including phenoxy) is 5. The summed E-state index contributed by atoms with van der Waals surface area (Å²) in [6.45, 7) is 3.39. The summed E-state index contributed by atoms with van der Waals surface area (Å²) in [4.78, 5) is 12.2. The van der Waals surface area contributed by atoms with E-state index < -0.39 is 30.4 Å². The fourth-order valence-electron chi connectivity index (χ4n) is 4.32. The van der Waals surface area contributed by atoms with Crippen LogP contribution in [-0.4, -0.2) is 43.6 Å². The van der Waals surface area contributed by atoms with Crippen LogP contribution in [0.2, 0.25) is 0 Å². The number of rotatable bonds is 13. The van der Waals surface area contributed by atoms with Crippen molar-refractivity contribution in [3.05, 3.63) is 119 Å². The van der Waals surface area contributed by atoms with Gasteiger partial charge in [-0.1, -0.05) is 91.0 Å². The van der Waals surface area contributed by atoms with Crippen LogP contribution in [-0.2, 0) is 48.3 Å². The first-order valence-corrected chi connectivity index (χ1v) is 12.9. The molecule has 0 aromatic heterocycles. The van der Waals surface area contributed by atoms with Crippen molar-refractivity contribution < 1.29 is 28.5 Å². The summed E-state index contributed by atoms with van der Waals surface area (Å²) in [6, 6.07) is 29.7. The number of carbonyl (C=O) groups excluding carboxylic acids is 1. The van der Waals surface area contributed by atoms with Crippen molar-refractivity contribution in [2.24, 2.45) is 5.73 Å². The Labute approximate surface area is 224 Å². The van der Waals surface area contributed by atoms with Crippen LogP contribution in [0.1, 0.15) is 23.6 Å². The Bertz CT molecular complexity index is 1140. The second-order valence-corrected chi connectivity index (χ2v) is 9.01. The summed E-state index contributed by atoms with van der Waals surface area (Å²) in [5.41, 5.74) is 9.69. The summed E-state index contributed by atoms with van der Waals surface area (Å²) in [6.07, 6.45) is -0.991. The van der Waals surface area contributed by atoms with Crippen molar-refractivity contribution in [1.82, 2.24) is 0 Å². The van der Waals surface area contributed by atoms with Crippen molar-refractivity contribution >= 4 is 5.97 Å². The molecule has 0 aliphatic carbocycles. The number of benzene rings is 3. The van der Waals surface area contributed by atoms with Gasteiger partial charge in [-0.3, -0.25) is 0 Å². The van der Waals surface area contributed by atoms with Gasteiger partial charge in [-0.2, -0.15) is 0 Å². The van der Waals surface area contributed by atoms with Crippen LogP contribution >= 0.6 is 0 Å². The SMILES string of the molecule is CCOC(=O)/C=C(\N)[C@@H]1O[C@H](COCc2ccccc2)[C@@H](OCc2ccccc2)[C@H]1OCc1ccccc1. The lowest BCUT2D eigenvalue weighted by Gasteiger charge is -2.25. The lowest BCUT2D eigenvalue weighted by atomic mass is 10.0. The highest BCUT2D eigenvalue weighted by atomic mass is 16.6. The summed E-state index contributed by atoms with van der Waals surface area (Å²) in [5, 5.41) is 0. The van der Waals surface area contributed by atoms with Crippen LogP contribution in [0.25, 0.3) is 0 Å². The quantitative estimate of drug-likeness (QED) is 0.263. The molecule has 0 unspecified atom stereocenters. The van der Waals surface area contributed by atoms with Gasteiger partial charge in [-0.05, 0) is 23.6 Å². The molecule has 3 aromatic rings. The number of nitrogens with two attached hydrogens (primary N) is 1. The summed E-state index contributed by atoms with van der Waals surface area (Å²) in [7, 11) is 0. The average Bonchev–Trinajstić information content (AvgIpc) is 3.30. The Kier molecular flexibility index (Phi) is 10.5. The minimum Gasteiger partial charge on any atom is -0.463 e. The van der Waals surface area contributed by atoms with Crippen LogP contribution in [0.15, 0.2) is 103 Å². The lowest BCUT2D eigenvalue weighted by Crippen LogP contribution is -2.40. The first-order chi connectivity index (χ1) is 18.6. The first-order valence-electron chi connectivity index (χ1n) is 12.9. The molecule has 1 fully saturated rings. The molecule has 4 atom stereocenters. The van der Waals surface area contributed by atoms with Crippen LogP contribution in [0.5, 0.6) is 0 Å². The van der Waals surface area contributed by atoms with Crippen molar-refractivity contribution in [2.45, 2.75) is 51.2 Å². The van der Waals surface area contributed by atoms with Gasteiger partial charge in [0, 0.05) is 11.8 Å². The molecule has 0 radical (unpaired) electrons. The zero-order chi connectivity index (χ0) is 26.6. The lowest BCUT2D eigenvalue weighted by molar-refractivity contribution is -0.137. The number of hydrogen-bond donors (Lipinski definition) is 1. The van der Waals surface area contributed by atoms with Crippen molar-refractivity contribution in [2.75, 3.05) is 13.2 Å². The molecule has 7 heteroatoms. The minimum atomic E-state index is -0.714. The summed E-state index contributed by atoms with van der Waals surface area (Å²) in [5.74, 6) is -0.527. The average molecular weight is 518 g/mol. The number of esters is 1. The normalized spacial score (nSPS) is 21.3. The summed E-state index contributed by atoms with van der Waals surface area (Å²) >= 11 is 0. The molecule has 0 spiro atoms. The van der Waals surface area contributed by atoms with E-state index in [-0.39, 0.29) is 18.9 Å². The molecule has 1 saturated heterocycles. The third-order valence-electron chi connectivity index (χ3n) is 6.17. The van der Waals surface area contributed by atoms with Gasteiger partial charge in [0.1, 0.15) is 24.4 Å². The molecule has 0 saturated carbocycles. The second kappa shape index (κ2) is 14.4. The van der Waals surface area contributed by atoms with Crippen LogP contribution in [0.3, 0.4) is 0 Å². The van der Waals surface area contributed by atoms with Gasteiger partial charge in [0.25, 0.3) is 0 Å². The van der Waals surface area contributed by atoms with E-state index >= 15 is 0 Å². The zero-order valence-corrected chi connectivity index (χ0v) is 21.6. The molecule has 38 heavy (non-hydrogen) atoms. The van der Waals surface area contributed by atoms with E-state index in [1.807, 2.05) is 91.0 Å². The van der Waals surface area contributed by atoms with Gasteiger partial charge in [-0.25, -0.2) is 4.79 Å². The highest BCUT2D eigenvalue weighted by Crippen LogP contribution is 2.31.